The summed E-state index contributed by atoms with van der Waals surface area (Å²) in [5.74, 6) is 2.24. The predicted molar refractivity (Wildman–Crippen MR) is 118 cm³/mol. The van der Waals surface area contributed by atoms with E-state index >= 15 is 0 Å². The van der Waals surface area contributed by atoms with Crippen molar-refractivity contribution in [3.63, 3.8) is 0 Å². The van der Waals surface area contributed by atoms with Crippen LogP contribution in [0.5, 0.6) is 11.5 Å². The number of nitrogens with zero attached hydrogens (tertiary/aromatic N) is 2. The lowest BCUT2D eigenvalue weighted by Gasteiger charge is -2.35. The number of ether oxygens (including phenoxy) is 2. The summed E-state index contributed by atoms with van der Waals surface area (Å²) in [7, 11) is 3.32. The maximum Gasteiger partial charge on any atom is 0.233 e. The summed E-state index contributed by atoms with van der Waals surface area (Å²) < 4.78 is 10.8. The van der Waals surface area contributed by atoms with E-state index in [0.29, 0.717) is 5.75 Å². The van der Waals surface area contributed by atoms with Crippen LogP contribution in [-0.2, 0) is 11.3 Å². The average Bonchev–Trinajstić information content (AvgIpc) is 2.74. The van der Waals surface area contributed by atoms with Crippen LogP contribution in [0.2, 0.25) is 0 Å². The molecule has 6 heteroatoms. The van der Waals surface area contributed by atoms with E-state index in [1.54, 1.807) is 26.0 Å². The molecule has 0 saturated carbocycles. The van der Waals surface area contributed by atoms with Gasteiger partial charge in [0.05, 0.1) is 20.0 Å². The van der Waals surface area contributed by atoms with Crippen LogP contribution in [0.25, 0.3) is 0 Å². The Morgan fingerprint density at radius 3 is 2.21 bits per heavy atom. The van der Waals surface area contributed by atoms with E-state index in [-0.39, 0.29) is 5.91 Å². The molecule has 5 nitrogen and oxygen atoms in total. The second-order valence-electron chi connectivity index (χ2n) is 7.39. The van der Waals surface area contributed by atoms with Gasteiger partial charge in [-0.2, -0.15) is 0 Å². The van der Waals surface area contributed by atoms with Gasteiger partial charge < -0.3 is 14.4 Å². The summed E-state index contributed by atoms with van der Waals surface area (Å²) in [4.78, 5) is 18.1. The van der Waals surface area contributed by atoms with Gasteiger partial charge in [-0.15, -0.1) is 11.8 Å². The zero-order valence-corrected chi connectivity index (χ0v) is 18.6. The number of rotatable bonds is 7. The van der Waals surface area contributed by atoms with Gasteiger partial charge in [-0.1, -0.05) is 17.7 Å². The first-order chi connectivity index (χ1) is 14.0. The number of hydrogen-bond donors (Lipinski definition) is 0. The predicted octanol–water partition coefficient (Wildman–Crippen LogP) is 3.76. The van der Waals surface area contributed by atoms with E-state index in [4.69, 9.17) is 9.47 Å². The minimum Gasteiger partial charge on any atom is -0.493 e. The molecule has 0 unspecified atom stereocenters. The largest absolute Gasteiger partial charge is 0.493 e. The molecule has 3 rings (SSSR count). The fourth-order valence-electron chi connectivity index (χ4n) is 3.46. The van der Waals surface area contributed by atoms with Crippen molar-refractivity contribution in [2.75, 3.05) is 46.2 Å². The highest BCUT2D eigenvalue weighted by atomic mass is 32.2. The van der Waals surface area contributed by atoms with Crippen molar-refractivity contribution in [3.05, 3.63) is 53.1 Å². The van der Waals surface area contributed by atoms with Crippen molar-refractivity contribution in [1.82, 2.24) is 9.80 Å². The first-order valence-electron chi connectivity index (χ1n) is 9.91. The van der Waals surface area contributed by atoms with Crippen LogP contribution in [0, 0.1) is 13.8 Å². The van der Waals surface area contributed by atoms with Crippen molar-refractivity contribution < 1.29 is 14.3 Å². The Bertz CT molecular complexity index is 831. The number of hydrogen-bond acceptors (Lipinski definition) is 5. The Kier molecular flexibility index (Phi) is 7.45. The van der Waals surface area contributed by atoms with Gasteiger partial charge in [-0.25, -0.2) is 0 Å². The lowest BCUT2D eigenvalue weighted by Crippen LogP contribution is -2.48. The van der Waals surface area contributed by atoms with Gasteiger partial charge >= 0.3 is 0 Å². The lowest BCUT2D eigenvalue weighted by molar-refractivity contribution is -0.130. The molecule has 2 aromatic rings. The summed E-state index contributed by atoms with van der Waals surface area (Å²) in [6.07, 6.45) is 0. The molecule has 1 fully saturated rings. The zero-order valence-electron chi connectivity index (χ0n) is 17.7. The second-order valence-corrected chi connectivity index (χ2v) is 8.44. The fourth-order valence-corrected chi connectivity index (χ4v) is 4.26. The molecule has 0 spiro atoms. The Morgan fingerprint density at radius 2 is 1.59 bits per heavy atom. The summed E-state index contributed by atoms with van der Waals surface area (Å²) in [5, 5.41) is 0. The van der Waals surface area contributed by atoms with Gasteiger partial charge in [-0.05, 0) is 49.2 Å². The van der Waals surface area contributed by atoms with E-state index in [1.165, 1.54) is 16.7 Å². The molecule has 0 aliphatic carbocycles. The molecule has 0 N–H and O–H groups in total. The Morgan fingerprint density at radius 1 is 0.966 bits per heavy atom. The SMILES string of the molecule is COc1cc(C)c(CN2CCN(C(=O)CSc3ccc(C)cc3)CC2)cc1OC. The molecule has 0 aromatic heterocycles. The minimum atomic E-state index is 0.220. The third-order valence-electron chi connectivity index (χ3n) is 5.34. The highest BCUT2D eigenvalue weighted by Gasteiger charge is 2.22. The Labute approximate surface area is 178 Å². The van der Waals surface area contributed by atoms with Gasteiger partial charge in [-0.3, -0.25) is 9.69 Å². The number of amides is 1. The molecular weight excluding hydrogens is 384 g/mol. The molecule has 156 valence electrons. The molecule has 1 heterocycles. The first kappa shape index (κ1) is 21.5. The number of methoxy groups -OCH3 is 2. The van der Waals surface area contributed by atoms with Crippen molar-refractivity contribution in [3.8, 4) is 11.5 Å². The van der Waals surface area contributed by atoms with Crippen LogP contribution in [0.3, 0.4) is 0 Å². The van der Waals surface area contributed by atoms with Crippen LogP contribution in [0.15, 0.2) is 41.3 Å². The smallest absolute Gasteiger partial charge is 0.233 e. The highest BCUT2D eigenvalue weighted by Crippen LogP contribution is 2.31. The number of aryl methyl sites for hydroxylation is 2. The number of thioether (sulfide) groups is 1. The average molecular weight is 415 g/mol. The number of piperazine rings is 1. The van der Waals surface area contributed by atoms with Gasteiger partial charge in [0.1, 0.15) is 0 Å². The normalized spacial score (nSPS) is 14.7. The van der Waals surface area contributed by atoms with Crippen molar-refractivity contribution >= 4 is 17.7 Å². The van der Waals surface area contributed by atoms with E-state index in [1.807, 2.05) is 11.0 Å². The first-order valence-corrected chi connectivity index (χ1v) is 10.9. The number of carbonyl (C=O) groups is 1. The van der Waals surface area contributed by atoms with Gasteiger partial charge in [0.2, 0.25) is 5.91 Å². The third kappa shape index (κ3) is 5.67. The fraction of sp³-hybridized carbons (Fsp3) is 0.435. The van der Waals surface area contributed by atoms with Crippen molar-refractivity contribution in [2.45, 2.75) is 25.3 Å². The summed E-state index contributed by atoms with van der Waals surface area (Å²) >= 11 is 1.61. The minimum absolute atomic E-state index is 0.220. The van der Waals surface area contributed by atoms with E-state index < -0.39 is 0 Å². The molecule has 1 amide bonds. The lowest BCUT2D eigenvalue weighted by atomic mass is 10.1. The molecular formula is C23H30N2O3S. The molecule has 0 bridgehead atoms. The quantitative estimate of drug-likeness (QED) is 0.646. The maximum atomic E-state index is 12.6. The van der Waals surface area contributed by atoms with E-state index in [2.05, 4.69) is 49.1 Å². The molecule has 29 heavy (non-hydrogen) atoms. The van der Waals surface area contributed by atoms with Crippen LogP contribution in [0.4, 0.5) is 0 Å². The summed E-state index contributed by atoms with van der Waals surface area (Å²) in [6, 6.07) is 12.4. The Hall–Kier alpha value is -2.18. The monoisotopic (exact) mass is 414 g/mol. The van der Waals surface area contributed by atoms with Gasteiger partial charge in [0.25, 0.3) is 0 Å². The van der Waals surface area contributed by atoms with Gasteiger partial charge in [0, 0.05) is 37.6 Å². The van der Waals surface area contributed by atoms with Crippen LogP contribution < -0.4 is 9.47 Å². The maximum absolute atomic E-state index is 12.6. The van der Waals surface area contributed by atoms with Crippen molar-refractivity contribution in [1.29, 1.82) is 0 Å². The third-order valence-corrected chi connectivity index (χ3v) is 6.34. The topological polar surface area (TPSA) is 42.0 Å². The number of benzene rings is 2. The van der Waals surface area contributed by atoms with Crippen LogP contribution in [0.1, 0.15) is 16.7 Å². The Balaban J connectivity index is 1.50. The molecule has 1 saturated heterocycles. The second kappa shape index (κ2) is 10.0. The van der Waals surface area contributed by atoms with Crippen molar-refractivity contribution in [2.24, 2.45) is 0 Å². The summed E-state index contributed by atoms with van der Waals surface area (Å²) in [5.41, 5.74) is 3.66. The molecule has 2 aromatic carbocycles. The molecule has 0 atom stereocenters. The zero-order chi connectivity index (χ0) is 20.8. The molecule has 1 aliphatic heterocycles. The number of carbonyl (C=O) groups excluding carboxylic acids is 1. The molecule has 0 radical (unpaired) electrons. The van der Waals surface area contributed by atoms with Crippen LogP contribution in [-0.4, -0.2) is 61.9 Å². The summed E-state index contributed by atoms with van der Waals surface area (Å²) in [6.45, 7) is 8.34. The molecule has 1 aliphatic rings. The van der Waals surface area contributed by atoms with E-state index in [0.717, 1.165) is 49.1 Å². The standard InChI is InChI=1S/C23H30N2O3S/c1-17-5-7-20(8-6-17)29-16-23(26)25-11-9-24(10-12-25)15-19-14-22(28-4)21(27-3)13-18(19)2/h5-8,13-14H,9-12,15-16H2,1-4H3. The highest BCUT2D eigenvalue weighted by molar-refractivity contribution is 8.00. The van der Waals surface area contributed by atoms with E-state index in [9.17, 15) is 4.79 Å². The van der Waals surface area contributed by atoms with Crippen LogP contribution >= 0.6 is 11.8 Å². The van der Waals surface area contributed by atoms with Gasteiger partial charge in [0.15, 0.2) is 11.5 Å².